The quantitative estimate of drug-likeness (QED) is 0.607. The first-order valence-corrected chi connectivity index (χ1v) is 3.76. The van der Waals surface area contributed by atoms with Crippen molar-refractivity contribution in [1.82, 2.24) is 14.8 Å². The molecule has 1 heterocycles. The van der Waals surface area contributed by atoms with Crippen LogP contribution in [0.1, 0.15) is 0 Å². The van der Waals surface area contributed by atoms with Crippen molar-refractivity contribution < 1.29 is 0 Å². The Labute approximate surface area is 73.8 Å². The van der Waals surface area contributed by atoms with Gasteiger partial charge in [-0.1, -0.05) is 6.07 Å². The summed E-state index contributed by atoms with van der Waals surface area (Å²) in [6, 6.07) is 6.97. The van der Waals surface area contributed by atoms with Crippen LogP contribution >= 0.6 is 0 Å². The molecule has 1 aromatic carbocycles. The minimum atomic E-state index is -0.273. The highest BCUT2D eigenvalue weighted by Gasteiger charge is 2.00. The highest BCUT2D eigenvalue weighted by molar-refractivity contribution is 5.46. The van der Waals surface area contributed by atoms with E-state index in [9.17, 15) is 4.79 Å². The van der Waals surface area contributed by atoms with Crippen molar-refractivity contribution >= 4 is 5.69 Å². The molecule has 0 saturated heterocycles. The molecule has 66 valence electrons. The van der Waals surface area contributed by atoms with E-state index in [1.165, 1.54) is 11.0 Å². The Balaban J connectivity index is 2.59. The maximum Gasteiger partial charge on any atom is 0.347 e. The first-order chi connectivity index (χ1) is 6.27. The molecule has 5 heteroatoms. The van der Waals surface area contributed by atoms with Gasteiger partial charge in [-0.05, 0) is 18.2 Å². The van der Waals surface area contributed by atoms with E-state index in [2.05, 4.69) is 10.1 Å². The second-order valence-corrected chi connectivity index (χ2v) is 2.60. The number of nitrogens with one attached hydrogen (secondary N) is 1. The predicted octanol–water partition coefficient (Wildman–Crippen LogP) is 0.143. The van der Waals surface area contributed by atoms with E-state index >= 15 is 0 Å². The summed E-state index contributed by atoms with van der Waals surface area (Å²) in [5.74, 6) is 0. The normalized spacial score (nSPS) is 10.2. The highest BCUT2D eigenvalue weighted by Crippen LogP contribution is 2.07. The average molecular weight is 176 g/mol. The Morgan fingerprint density at radius 1 is 1.46 bits per heavy atom. The number of anilines is 1. The van der Waals surface area contributed by atoms with Crippen LogP contribution in [-0.2, 0) is 0 Å². The molecule has 5 nitrogen and oxygen atoms in total. The molecular weight excluding hydrogens is 168 g/mol. The maximum absolute atomic E-state index is 11.1. The molecule has 0 radical (unpaired) electrons. The molecule has 0 fully saturated rings. The summed E-state index contributed by atoms with van der Waals surface area (Å²) in [7, 11) is 0. The summed E-state index contributed by atoms with van der Waals surface area (Å²) in [4.78, 5) is 13.6. The van der Waals surface area contributed by atoms with Crippen LogP contribution in [0.5, 0.6) is 0 Å². The lowest BCUT2D eigenvalue weighted by atomic mass is 10.3. The van der Waals surface area contributed by atoms with E-state index in [-0.39, 0.29) is 5.69 Å². The average Bonchev–Trinajstić information content (AvgIpc) is 2.51. The van der Waals surface area contributed by atoms with Crippen LogP contribution in [0.25, 0.3) is 5.69 Å². The number of H-pyrrole nitrogens is 1. The molecule has 0 unspecified atom stereocenters. The molecule has 3 N–H and O–H groups in total. The van der Waals surface area contributed by atoms with Gasteiger partial charge in [0.2, 0.25) is 0 Å². The van der Waals surface area contributed by atoms with E-state index in [4.69, 9.17) is 5.73 Å². The first-order valence-electron chi connectivity index (χ1n) is 3.76. The van der Waals surface area contributed by atoms with E-state index in [1.807, 2.05) is 0 Å². The largest absolute Gasteiger partial charge is 0.399 e. The second-order valence-electron chi connectivity index (χ2n) is 2.60. The smallest absolute Gasteiger partial charge is 0.347 e. The van der Waals surface area contributed by atoms with Crippen molar-refractivity contribution in [3.05, 3.63) is 41.1 Å². The molecule has 1 aromatic heterocycles. The number of aromatic amines is 1. The summed E-state index contributed by atoms with van der Waals surface area (Å²) in [5, 5.41) is 3.82. The summed E-state index contributed by atoms with van der Waals surface area (Å²) < 4.78 is 1.25. The van der Waals surface area contributed by atoms with Crippen molar-refractivity contribution in [3.63, 3.8) is 0 Å². The van der Waals surface area contributed by atoms with Crippen LogP contribution in [-0.4, -0.2) is 14.8 Å². The molecule has 0 aliphatic rings. The molecule has 0 bridgehead atoms. The highest BCUT2D eigenvalue weighted by atomic mass is 16.1. The zero-order valence-electron chi connectivity index (χ0n) is 6.77. The first kappa shape index (κ1) is 7.60. The fourth-order valence-electron chi connectivity index (χ4n) is 1.10. The van der Waals surface area contributed by atoms with Gasteiger partial charge in [0.15, 0.2) is 0 Å². The van der Waals surface area contributed by atoms with Gasteiger partial charge in [0, 0.05) is 5.69 Å². The van der Waals surface area contributed by atoms with Crippen molar-refractivity contribution in [2.24, 2.45) is 0 Å². The van der Waals surface area contributed by atoms with Crippen LogP contribution in [0, 0.1) is 0 Å². The van der Waals surface area contributed by atoms with Crippen LogP contribution in [0.2, 0.25) is 0 Å². The Morgan fingerprint density at radius 3 is 2.92 bits per heavy atom. The number of nitrogens with zero attached hydrogens (tertiary/aromatic N) is 2. The topological polar surface area (TPSA) is 76.7 Å². The van der Waals surface area contributed by atoms with E-state index in [0.29, 0.717) is 11.4 Å². The van der Waals surface area contributed by atoms with Crippen molar-refractivity contribution in [2.45, 2.75) is 0 Å². The number of nitrogen functional groups attached to an aromatic ring is 1. The summed E-state index contributed by atoms with van der Waals surface area (Å²) in [5.41, 5.74) is 6.55. The third kappa shape index (κ3) is 1.31. The maximum atomic E-state index is 11.1. The van der Waals surface area contributed by atoms with E-state index in [1.54, 1.807) is 24.3 Å². The van der Waals surface area contributed by atoms with Gasteiger partial charge in [-0.15, -0.1) is 0 Å². The van der Waals surface area contributed by atoms with Crippen molar-refractivity contribution in [3.8, 4) is 5.69 Å². The van der Waals surface area contributed by atoms with Gasteiger partial charge in [-0.3, -0.25) is 4.98 Å². The predicted molar refractivity (Wildman–Crippen MR) is 48.6 cm³/mol. The summed E-state index contributed by atoms with van der Waals surface area (Å²) >= 11 is 0. The molecule has 0 aliphatic carbocycles. The van der Waals surface area contributed by atoms with Crippen LogP contribution in [0.4, 0.5) is 5.69 Å². The molecule has 13 heavy (non-hydrogen) atoms. The van der Waals surface area contributed by atoms with Gasteiger partial charge < -0.3 is 5.73 Å². The number of hydrogen-bond donors (Lipinski definition) is 2. The van der Waals surface area contributed by atoms with Crippen LogP contribution in [0.3, 0.4) is 0 Å². The van der Waals surface area contributed by atoms with Gasteiger partial charge >= 0.3 is 5.69 Å². The fourth-order valence-corrected chi connectivity index (χ4v) is 1.10. The van der Waals surface area contributed by atoms with Gasteiger partial charge in [-0.2, -0.15) is 9.78 Å². The third-order valence-corrected chi connectivity index (χ3v) is 1.67. The van der Waals surface area contributed by atoms with Gasteiger partial charge in [0.05, 0.1) is 5.69 Å². The van der Waals surface area contributed by atoms with Gasteiger partial charge in [0.1, 0.15) is 6.33 Å². The second kappa shape index (κ2) is 2.78. The lowest BCUT2D eigenvalue weighted by Crippen LogP contribution is -2.15. The Morgan fingerprint density at radius 2 is 2.31 bits per heavy atom. The molecule has 0 amide bonds. The lowest BCUT2D eigenvalue weighted by Gasteiger charge is -1.99. The fraction of sp³-hybridized carbons (Fsp3) is 0. The van der Waals surface area contributed by atoms with Gasteiger partial charge in [-0.25, -0.2) is 4.79 Å². The monoisotopic (exact) mass is 176 g/mol. The number of hydrogen-bond acceptors (Lipinski definition) is 3. The number of nitrogens with two attached hydrogens (primary N) is 1. The minimum absolute atomic E-state index is 0.273. The Hall–Kier alpha value is -2.04. The number of benzene rings is 1. The zero-order chi connectivity index (χ0) is 9.26. The molecule has 2 aromatic rings. The molecule has 2 rings (SSSR count). The molecule has 0 aliphatic heterocycles. The van der Waals surface area contributed by atoms with Crippen molar-refractivity contribution in [2.75, 3.05) is 5.73 Å². The molecule has 0 saturated carbocycles. The minimum Gasteiger partial charge on any atom is -0.399 e. The SMILES string of the molecule is Nc1cccc(-n2nc[nH]c2=O)c1. The zero-order valence-corrected chi connectivity index (χ0v) is 6.77. The Kier molecular flexibility index (Phi) is 1.63. The summed E-state index contributed by atoms with van der Waals surface area (Å²) in [6.07, 6.45) is 1.34. The van der Waals surface area contributed by atoms with Crippen LogP contribution in [0.15, 0.2) is 35.4 Å². The standard InChI is InChI=1S/C8H8N4O/c9-6-2-1-3-7(4-6)12-8(13)10-5-11-12/h1-5H,9H2,(H,10,11,13). The van der Waals surface area contributed by atoms with Crippen LogP contribution < -0.4 is 11.4 Å². The number of rotatable bonds is 1. The molecule has 0 spiro atoms. The van der Waals surface area contributed by atoms with E-state index < -0.39 is 0 Å². The third-order valence-electron chi connectivity index (χ3n) is 1.67. The summed E-state index contributed by atoms with van der Waals surface area (Å²) in [6.45, 7) is 0. The number of aromatic nitrogens is 3. The van der Waals surface area contributed by atoms with Crippen molar-refractivity contribution in [1.29, 1.82) is 0 Å². The molecular formula is C8H8N4O. The van der Waals surface area contributed by atoms with E-state index in [0.717, 1.165) is 0 Å². The lowest BCUT2D eigenvalue weighted by molar-refractivity contribution is 0.843. The Bertz CT molecular complexity index is 471. The molecule has 0 atom stereocenters. The van der Waals surface area contributed by atoms with Gasteiger partial charge in [0.25, 0.3) is 0 Å².